The quantitative estimate of drug-likeness (QED) is 0.402. The molecule has 0 amide bonds. The monoisotopic (exact) mass is 391 g/mol. The number of aromatic nitrogens is 1. The van der Waals surface area contributed by atoms with Crippen LogP contribution in [-0.4, -0.2) is 12.9 Å². The van der Waals surface area contributed by atoms with Crippen LogP contribution in [0.25, 0.3) is 0 Å². The third-order valence-corrected chi connectivity index (χ3v) is 10.5. The Bertz CT molecular complexity index is 851. The molecule has 0 aliphatic rings. The summed E-state index contributed by atoms with van der Waals surface area (Å²) < 4.78 is 9.51. The van der Waals surface area contributed by atoms with Crippen LogP contribution in [0.5, 0.6) is 0 Å². The van der Waals surface area contributed by atoms with Crippen molar-refractivity contribution in [1.82, 2.24) is 4.57 Å². The maximum Gasteiger partial charge on any atom is 0.195 e. The Morgan fingerprint density at radius 2 is 1.32 bits per heavy atom. The zero-order valence-electron chi connectivity index (χ0n) is 17.9. The molecule has 2 nitrogen and oxygen atoms in total. The summed E-state index contributed by atoms with van der Waals surface area (Å²) in [6, 6.07) is 25.6. The largest absolute Gasteiger partial charge is 0.391 e. The van der Waals surface area contributed by atoms with Crippen molar-refractivity contribution in [3.8, 4) is 0 Å². The lowest BCUT2D eigenvalue weighted by molar-refractivity contribution is 0.0107. The van der Waals surface area contributed by atoms with Gasteiger partial charge in [-0.25, -0.2) is 0 Å². The molecule has 0 fully saturated rings. The summed E-state index contributed by atoms with van der Waals surface area (Å²) in [6.45, 7) is 11.6. The fourth-order valence-corrected chi connectivity index (χ4v) is 4.87. The number of rotatable bonds is 7. The van der Waals surface area contributed by atoms with Crippen LogP contribution in [0.3, 0.4) is 0 Å². The number of aryl methyl sites for hydroxylation is 1. The number of hydrogen-bond acceptors (Lipinski definition) is 1. The second-order valence-corrected chi connectivity index (χ2v) is 13.8. The zero-order valence-corrected chi connectivity index (χ0v) is 18.9. The molecular formula is C25H33NOSi. The van der Waals surface area contributed by atoms with Crippen LogP contribution in [0, 0.1) is 0 Å². The highest BCUT2D eigenvalue weighted by Gasteiger charge is 2.46. The fourth-order valence-electron chi connectivity index (χ4n) is 3.39. The van der Waals surface area contributed by atoms with E-state index >= 15 is 0 Å². The molecule has 3 heteroatoms. The van der Waals surface area contributed by atoms with Crippen molar-refractivity contribution in [2.24, 2.45) is 0 Å². The zero-order chi connectivity index (χ0) is 20.3. The molecule has 28 heavy (non-hydrogen) atoms. The standard InChI is InChI=1S/C25H33NOSi/c1-24(2,3)28(4,5)27-25(26-20-12-13-21-26,23-16-10-7-11-17-23)19-18-22-14-8-6-9-15-22/h6-17,20-21H,18-19H2,1-5H3. The molecule has 3 aromatic rings. The van der Waals surface area contributed by atoms with Gasteiger partial charge in [-0.15, -0.1) is 0 Å². The summed E-state index contributed by atoms with van der Waals surface area (Å²) in [5, 5.41) is 0.132. The second kappa shape index (κ2) is 8.10. The van der Waals surface area contributed by atoms with Gasteiger partial charge in [0.2, 0.25) is 0 Å². The molecule has 0 spiro atoms. The Morgan fingerprint density at radius 3 is 1.86 bits per heavy atom. The van der Waals surface area contributed by atoms with Gasteiger partial charge in [0, 0.05) is 24.4 Å². The van der Waals surface area contributed by atoms with Gasteiger partial charge >= 0.3 is 0 Å². The van der Waals surface area contributed by atoms with Gasteiger partial charge in [-0.1, -0.05) is 81.4 Å². The van der Waals surface area contributed by atoms with Crippen molar-refractivity contribution in [3.05, 3.63) is 96.3 Å². The van der Waals surface area contributed by atoms with Crippen LogP contribution in [0.2, 0.25) is 18.1 Å². The highest BCUT2D eigenvalue weighted by molar-refractivity contribution is 6.74. The Kier molecular flexibility index (Phi) is 5.97. The van der Waals surface area contributed by atoms with Gasteiger partial charge in [0.15, 0.2) is 14.0 Å². The van der Waals surface area contributed by atoms with E-state index in [4.69, 9.17) is 4.43 Å². The molecule has 0 radical (unpaired) electrons. The van der Waals surface area contributed by atoms with Crippen LogP contribution in [0.4, 0.5) is 0 Å². The molecule has 0 N–H and O–H groups in total. The van der Waals surface area contributed by atoms with E-state index in [0.29, 0.717) is 0 Å². The molecule has 0 aliphatic heterocycles. The maximum atomic E-state index is 7.24. The van der Waals surface area contributed by atoms with Crippen LogP contribution < -0.4 is 0 Å². The van der Waals surface area contributed by atoms with Gasteiger partial charge in [-0.2, -0.15) is 0 Å². The summed E-state index contributed by atoms with van der Waals surface area (Å²) in [7, 11) is -2.04. The fraction of sp³-hybridized carbons (Fsp3) is 0.360. The van der Waals surface area contributed by atoms with Gasteiger partial charge < -0.3 is 8.99 Å². The lowest BCUT2D eigenvalue weighted by Gasteiger charge is -2.47. The normalized spacial score (nSPS) is 14.6. The van der Waals surface area contributed by atoms with Crippen molar-refractivity contribution in [2.45, 2.75) is 57.5 Å². The van der Waals surface area contributed by atoms with E-state index in [0.717, 1.165) is 12.8 Å². The van der Waals surface area contributed by atoms with Crippen LogP contribution in [0.1, 0.15) is 38.3 Å². The van der Waals surface area contributed by atoms with Gasteiger partial charge in [0.05, 0.1) is 0 Å². The van der Waals surface area contributed by atoms with Crippen molar-refractivity contribution >= 4 is 8.32 Å². The molecular weight excluding hydrogens is 358 g/mol. The Hall–Kier alpha value is -2.10. The minimum Gasteiger partial charge on any atom is -0.391 e. The first-order valence-corrected chi connectivity index (χ1v) is 13.1. The summed E-state index contributed by atoms with van der Waals surface area (Å²) in [5.41, 5.74) is 2.05. The lowest BCUT2D eigenvalue weighted by atomic mass is 9.95. The number of hydrogen-bond donors (Lipinski definition) is 0. The van der Waals surface area contributed by atoms with Crippen molar-refractivity contribution in [3.63, 3.8) is 0 Å². The summed E-state index contributed by atoms with van der Waals surface area (Å²) >= 11 is 0. The van der Waals surface area contributed by atoms with Crippen molar-refractivity contribution in [2.75, 3.05) is 0 Å². The van der Waals surface area contributed by atoms with Gasteiger partial charge in [-0.3, -0.25) is 0 Å². The number of benzene rings is 2. The van der Waals surface area contributed by atoms with E-state index in [-0.39, 0.29) is 5.04 Å². The molecule has 3 rings (SSSR count). The molecule has 0 bridgehead atoms. The SMILES string of the molecule is CC(C)(C)[Si](C)(C)OC(CCc1ccccc1)(c1ccccc1)n1cccc1. The highest BCUT2D eigenvalue weighted by Crippen LogP contribution is 2.44. The minimum absolute atomic E-state index is 0.132. The van der Waals surface area contributed by atoms with E-state index in [1.165, 1.54) is 11.1 Å². The molecule has 0 saturated heterocycles. The smallest absolute Gasteiger partial charge is 0.195 e. The van der Waals surface area contributed by atoms with Gasteiger partial charge in [0.1, 0.15) is 0 Å². The molecule has 1 unspecified atom stereocenters. The first-order chi connectivity index (χ1) is 13.2. The van der Waals surface area contributed by atoms with Crippen molar-refractivity contribution in [1.29, 1.82) is 0 Å². The molecule has 1 aromatic heterocycles. The lowest BCUT2D eigenvalue weighted by Crippen LogP contribution is -2.51. The van der Waals surface area contributed by atoms with E-state index in [2.05, 4.69) is 124 Å². The molecule has 1 atom stereocenters. The maximum absolute atomic E-state index is 7.24. The van der Waals surface area contributed by atoms with Crippen molar-refractivity contribution < 1.29 is 4.43 Å². The second-order valence-electron chi connectivity index (χ2n) is 9.09. The average molecular weight is 392 g/mol. The molecule has 1 heterocycles. The minimum atomic E-state index is -2.04. The predicted octanol–water partition coefficient (Wildman–Crippen LogP) is 6.84. The molecule has 2 aromatic carbocycles. The average Bonchev–Trinajstić information content (AvgIpc) is 3.21. The topological polar surface area (TPSA) is 14.2 Å². The highest BCUT2D eigenvalue weighted by atomic mass is 28.4. The summed E-state index contributed by atoms with van der Waals surface area (Å²) in [6.07, 6.45) is 6.14. The molecule has 148 valence electrons. The third-order valence-electron chi connectivity index (χ3n) is 6.07. The van der Waals surface area contributed by atoms with E-state index in [1.807, 2.05) is 0 Å². The first-order valence-electron chi connectivity index (χ1n) is 10.2. The third kappa shape index (κ3) is 4.31. The van der Waals surface area contributed by atoms with E-state index < -0.39 is 14.0 Å². The molecule has 0 aliphatic carbocycles. The summed E-state index contributed by atoms with van der Waals surface area (Å²) in [5.74, 6) is 0. The van der Waals surface area contributed by atoms with E-state index in [1.54, 1.807) is 0 Å². The Labute approximate surface area is 171 Å². The van der Waals surface area contributed by atoms with Crippen LogP contribution >= 0.6 is 0 Å². The Morgan fingerprint density at radius 1 is 0.786 bits per heavy atom. The first kappa shape index (κ1) is 20.6. The molecule has 0 saturated carbocycles. The Balaban J connectivity index is 2.09. The summed E-state index contributed by atoms with van der Waals surface area (Å²) in [4.78, 5) is 0. The van der Waals surface area contributed by atoms with Gasteiger partial charge in [-0.05, 0) is 42.2 Å². The van der Waals surface area contributed by atoms with E-state index in [9.17, 15) is 0 Å². The van der Waals surface area contributed by atoms with Gasteiger partial charge in [0.25, 0.3) is 0 Å². The number of nitrogens with zero attached hydrogens (tertiary/aromatic N) is 1. The predicted molar refractivity (Wildman–Crippen MR) is 121 cm³/mol. The van der Waals surface area contributed by atoms with Crippen LogP contribution in [-0.2, 0) is 16.6 Å². The van der Waals surface area contributed by atoms with Crippen LogP contribution in [0.15, 0.2) is 85.2 Å².